The van der Waals surface area contributed by atoms with Gasteiger partial charge in [-0.15, -0.1) is 0 Å². The van der Waals surface area contributed by atoms with Gasteiger partial charge in [-0.3, -0.25) is 8.42 Å². The molecule has 0 aromatic heterocycles. The maximum atomic E-state index is 10.7. The molecule has 2 rings (SSSR count). The number of hydrogen-bond donors (Lipinski definition) is 0. The quantitative estimate of drug-likeness (QED) is 0.809. The van der Waals surface area contributed by atoms with Crippen molar-refractivity contribution < 1.29 is 17.5 Å². The first-order chi connectivity index (χ1) is 9.06. The van der Waals surface area contributed by atoms with Crippen molar-refractivity contribution in [1.82, 2.24) is 0 Å². The van der Waals surface area contributed by atoms with Gasteiger partial charge in [0.1, 0.15) is 0 Å². The molecule has 4 nitrogen and oxygen atoms in total. The summed E-state index contributed by atoms with van der Waals surface area (Å²) >= 11 is -3.01. The van der Waals surface area contributed by atoms with E-state index in [0.29, 0.717) is 0 Å². The lowest BCUT2D eigenvalue weighted by molar-refractivity contribution is 0.535. The average molecular weight is 312 g/mol. The third-order valence-corrected chi connectivity index (χ3v) is 4.60. The Balaban J connectivity index is 2.12. The fourth-order valence-electron chi connectivity index (χ4n) is 1.37. The molecule has 0 spiro atoms. The van der Waals surface area contributed by atoms with Gasteiger partial charge in [0, 0.05) is 19.6 Å². The molecule has 2 atom stereocenters. The maximum absolute atomic E-state index is 10.7. The van der Waals surface area contributed by atoms with Gasteiger partial charge in [-0.2, -0.15) is 0 Å². The summed E-state index contributed by atoms with van der Waals surface area (Å²) in [6.45, 7) is 0. The van der Waals surface area contributed by atoms with E-state index >= 15 is 0 Å². The van der Waals surface area contributed by atoms with Crippen molar-refractivity contribution in [3.63, 3.8) is 0 Å². The molecule has 0 amide bonds. The first kappa shape index (κ1) is 14.4. The zero-order valence-corrected chi connectivity index (χ0v) is 11.9. The molecule has 0 saturated carbocycles. The Hall–Kier alpha value is -0.990. The molecule has 0 fully saturated rings. The Morgan fingerprint density at radius 2 is 1.00 bits per heavy atom. The summed E-state index contributed by atoms with van der Waals surface area (Å²) in [6.07, 6.45) is 0. The summed E-state index contributed by atoms with van der Waals surface area (Å²) in [7, 11) is 0. The van der Waals surface area contributed by atoms with Crippen molar-refractivity contribution in [2.75, 3.05) is 0 Å². The van der Waals surface area contributed by atoms with Crippen molar-refractivity contribution in [3.05, 3.63) is 48.5 Å². The minimum Gasteiger partial charge on any atom is -0.768 e. The molecule has 0 aliphatic rings. The molecule has 0 radical (unpaired) electrons. The Morgan fingerprint density at radius 1 is 0.684 bits per heavy atom. The van der Waals surface area contributed by atoms with Crippen LogP contribution in [0.2, 0.25) is 0 Å². The van der Waals surface area contributed by atoms with E-state index in [2.05, 4.69) is 0 Å². The van der Waals surface area contributed by atoms with Gasteiger partial charge in [0.05, 0.1) is 0 Å². The highest BCUT2D eigenvalue weighted by molar-refractivity contribution is 7.99. The van der Waals surface area contributed by atoms with Gasteiger partial charge in [-0.1, -0.05) is 11.8 Å². The lowest BCUT2D eigenvalue weighted by Gasteiger charge is -2.08. The van der Waals surface area contributed by atoms with Crippen molar-refractivity contribution in [1.29, 1.82) is 0 Å². The van der Waals surface area contributed by atoms with Crippen LogP contribution in [0.5, 0.6) is 0 Å². The second kappa shape index (κ2) is 6.44. The van der Waals surface area contributed by atoms with Gasteiger partial charge in [-0.25, -0.2) is 0 Å². The van der Waals surface area contributed by atoms with Crippen LogP contribution in [0.3, 0.4) is 0 Å². The van der Waals surface area contributed by atoms with Gasteiger partial charge in [-0.05, 0) is 70.7 Å². The molecule has 7 heteroatoms. The van der Waals surface area contributed by atoms with Crippen LogP contribution >= 0.6 is 11.8 Å². The predicted molar refractivity (Wildman–Crippen MR) is 71.4 cm³/mol. The topological polar surface area (TPSA) is 80.3 Å². The molecule has 0 aliphatic heterocycles. The summed E-state index contributed by atoms with van der Waals surface area (Å²) < 4.78 is 42.8. The average Bonchev–Trinajstić information content (AvgIpc) is 2.40. The van der Waals surface area contributed by atoms with Crippen LogP contribution in [-0.4, -0.2) is 17.5 Å². The number of hydrogen-bond acceptors (Lipinski definition) is 5. The second-order valence-electron chi connectivity index (χ2n) is 3.51. The summed E-state index contributed by atoms with van der Waals surface area (Å²) in [6, 6.07) is 12.9. The Kier molecular flexibility index (Phi) is 4.89. The summed E-state index contributed by atoms with van der Waals surface area (Å²) in [5, 5.41) is 0. The van der Waals surface area contributed by atoms with E-state index < -0.39 is 22.2 Å². The monoisotopic (exact) mass is 312 g/mol. The second-order valence-corrected chi connectivity index (χ2v) is 6.54. The van der Waals surface area contributed by atoms with Gasteiger partial charge in [0.15, 0.2) is 0 Å². The van der Waals surface area contributed by atoms with Gasteiger partial charge in [0.25, 0.3) is 0 Å². The van der Waals surface area contributed by atoms with Crippen LogP contribution in [-0.2, 0) is 22.2 Å². The zero-order valence-electron chi connectivity index (χ0n) is 9.48. The zero-order chi connectivity index (χ0) is 13.8. The molecule has 0 saturated heterocycles. The highest BCUT2D eigenvalue weighted by Crippen LogP contribution is 2.28. The molecule has 2 aromatic carbocycles. The molecule has 0 bridgehead atoms. The van der Waals surface area contributed by atoms with Gasteiger partial charge in [0.2, 0.25) is 0 Å². The summed E-state index contributed by atoms with van der Waals surface area (Å²) in [4.78, 5) is 2.23. The Labute approximate surface area is 119 Å². The molecule has 0 N–H and O–H groups in total. The minimum absolute atomic E-state index is 0.237. The number of benzene rings is 2. The van der Waals surface area contributed by atoms with E-state index in [1.54, 1.807) is 24.3 Å². The normalized spacial score (nSPS) is 14.0. The van der Waals surface area contributed by atoms with Crippen LogP contribution in [0, 0.1) is 0 Å². The van der Waals surface area contributed by atoms with Crippen LogP contribution < -0.4 is 0 Å². The van der Waals surface area contributed by atoms with Gasteiger partial charge < -0.3 is 9.11 Å². The molecular weight excluding hydrogens is 304 g/mol. The first-order valence-electron chi connectivity index (χ1n) is 5.13. The third-order valence-electron chi connectivity index (χ3n) is 2.27. The molecule has 19 heavy (non-hydrogen) atoms. The fraction of sp³-hybridized carbons (Fsp3) is 0. The lowest BCUT2D eigenvalue weighted by Crippen LogP contribution is -1.88. The predicted octanol–water partition coefficient (Wildman–Crippen LogP) is 2.31. The molecular formula is C12H8O4S3-2. The minimum atomic E-state index is -2.22. The van der Waals surface area contributed by atoms with Crippen molar-refractivity contribution in [2.45, 2.75) is 19.6 Å². The van der Waals surface area contributed by atoms with E-state index in [0.717, 1.165) is 9.79 Å². The van der Waals surface area contributed by atoms with E-state index in [-0.39, 0.29) is 9.79 Å². The molecule has 2 unspecified atom stereocenters. The summed E-state index contributed by atoms with van der Waals surface area (Å²) in [5.41, 5.74) is 0. The van der Waals surface area contributed by atoms with Crippen LogP contribution in [0.1, 0.15) is 0 Å². The molecule has 0 heterocycles. The van der Waals surface area contributed by atoms with Gasteiger partial charge >= 0.3 is 0 Å². The van der Waals surface area contributed by atoms with Crippen LogP contribution in [0.15, 0.2) is 68.1 Å². The van der Waals surface area contributed by atoms with E-state index in [1.165, 1.54) is 36.0 Å². The first-order valence-corrected chi connectivity index (χ1v) is 8.09. The van der Waals surface area contributed by atoms with Crippen molar-refractivity contribution in [3.8, 4) is 0 Å². The Bertz CT molecular complexity index is 552. The highest BCUT2D eigenvalue weighted by atomic mass is 32.2. The maximum Gasteiger partial charge on any atom is 0.0249 e. The van der Waals surface area contributed by atoms with Crippen molar-refractivity contribution >= 4 is 33.9 Å². The van der Waals surface area contributed by atoms with Crippen LogP contribution in [0.25, 0.3) is 0 Å². The SMILES string of the molecule is O=S([O-])c1ccc(Sc2ccc(S(=O)[O-])cc2)cc1. The smallest absolute Gasteiger partial charge is 0.0249 e. The largest absolute Gasteiger partial charge is 0.768 e. The third kappa shape index (κ3) is 3.99. The highest BCUT2D eigenvalue weighted by Gasteiger charge is 1.99. The lowest BCUT2D eigenvalue weighted by atomic mass is 10.4. The van der Waals surface area contributed by atoms with Crippen molar-refractivity contribution in [2.24, 2.45) is 0 Å². The van der Waals surface area contributed by atoms with E-state index in [9.17, 15) is 17.5 Å². The number of rotatable bonds is 4. The fourth-order valence-corrected chi connectivity index (χ4v) is 2.91. The van der Waals surface area contributed by atoms with Crippen LogP contribution in [0.4, 0.5) is 0 Å². The molecule has 0 aliphatic carbocycles. The van der Waals surface area contributed by atoms with E-state index in [1.807, 2.05) is 0 Å². The molecule has 100 valence electrons. The molecule has 2 aromatic rings. The standard InChI is InChI=1S/C12H10O4S3/c13-18(14)11-5-1-9(2-6-11)17-10-3-7-12(8-4-10)19(15)16/h1-8H,(H,13,14)(H,15,16)/p-2. The summed E-state index contributed by atoms with van der Waals surface area (Å²) in [5.74, 6) is 0. The Morgan fingerprint density at radius 3 is 1.26 bits per heavy atom. The van der Waals surface area contributed by atoms with E-state index in [4.69, 9.17) is 0 Å².